The van der Waals surface area contributed by atoms with Gasteiger partial charge < -0.3 is 15.2 Å². The molecule has 1 aliphatic rings. The van der Waals surface area contributed by atoms with Crippen LogP contribution in [0.1, 0.15) is 62.5 Å². The number of hydrogen-bond acceptors (Lipinski definition) is 10. The van der Waals surface area contributed by atoms with E-state index in [4.69, 9.17) is 9.84 Å². The molecule has 0 spiro atoms. The van der Waals surface area contributed by atoms with E-state index in [0.29, 0.717) is 22.3 Å². The molecule has 1 amide bonds. The third kappa shape index (κ3) is 9.44. The first-order valence-electron chi connectivity index (χ1n) is 18.0. The summed E-state index contributed by atoms with van der Waals surface area (Å²) in [5.41, 5.74) is 4.65. The van der Waals surface area contributed by atoms with E-state index in [0.717, 1.165) is 66.5 Å². The summed E-state index contributed by atoms with van der Waals surface area (Å²) >= 11 is 2.65. The molecule has 2 N–H and O–H groups in total. The molecule has 6 aromatic rings. The lowest BCUT2D eigenvalue weighted by Gasteiger charge is -2.26. The van der Waals surface area contributed by atoms with Crippen molar-refractivity contribution < 1.29 is 28.2 Å². The molecule has 5 heterocycles. The zero-order chi connectivity index (χ0) is 40.2. The second-order valence-corrected chi connectivity index (χ2v) is 16.8. The number of morpholine rings is 1. The summed E-state index contributed by atoms with van der Waals surface area (Å²) in [6.45, 7) is 16.8. The third-order valence-electron chi connectivity index (χ3n) is 8.78. The van der Waals surface area contributed by atoms with Gasteiger partial charge in [-0.15, -0.1) is 22.7 Å². The SMILES string of the molecule is CC(C)(C)n1ncc(-c2nc(C(=O)NCCN3CCOCC3)cs2)c1-c1ccc(F)cc1.CC(C)(C)n1ncc(-c2nc(C(=O)O)cs2)c1-c1ccc(F)cc1. The molecule has 0 radical (unpaired) electrons. The summed E-state index contributed by atoms with van der Waals surface area (Å²) in [5, 5.41) is 25.6. The normalized spacial score (nSPS) is 13.6. The predicted molar refractivity (Wildman–Crippen MR) is 214 cm³/mol. The lowest BCUT2D eigenvalue weighted by Crippen LogP contribution is -2.41. The molecule has 12 nitrogen and oxygen atoms in total. The largest absolute Gasteiger partial charge is 0.476 e. The van der Waals surface area contributed by atoms with Gasteiger partial charge in [0.1, 0.15) is 27.3 Å². The van der Waals surface area contributed by atoms with Crippen LogP contribution in [0.4, 0.5) is 8.78 Å². The van der Waals surface area contributed by atoms with Gasteiger partial charge in [0, 0.05) is 48.1 Å². The molecule has 0 atom stereocenters. The van der Waals surface area contributed by atoms with Crippen LogP contribution in [0.3, 0.4) is 0 Å². The van der Waals surface area contributed by atoms with E-state index in [9.17, 15) is 18.4 Å². The Bertz CT molecular complexity index is 2280. The fraction of sp³-hybridized carbons (Fsp3) is 0.350. The topological polar surface area (TPSA) is 140 Å². The number of rotatable bonds is 9. The number of aromatic nitrogens is 6. The van der Waals surface area contributed by atoms with Crippen molar-refractivity contribution in [1.29, 1.82) is 0 Å². The van der Waals surface area contributed by atoms with Crippen molar-refractivity contribution in [3.63, 3.8) is 0 Å². The minimum absolute atomic E-state index is 0.00330. The highest BCUT2D eigenvalue weighted by atomic mass is 32.1. The number of aromatic carboxylic acids is 1. The van der Waals surface area contributed by atoms with Gasteiger partial charge in [0.05, 0.1) is 59.2 Å². The molecule has 294 valence electrons. The molecule has 4 aromatic heterocycles. The Hall–Kier alpha value is -5.16. The standard InChI is InChI=1S/C23H28FN5O2S.C17H16FN3O2S/c1-23(2,3)29-20(16-4-6-17(24)7-5-16)18(14-26-29)22-27-19(15-32-22)21(30)25-8-9-28-10-12-31-13-11-28;1-17(2,3)21-14(10-4-6-11(18)7-5-10)12(8-19-21)15-20-13(9-24-15)16(22)23/h4-7,14-15H,8-13H2,1-3H3,(H,25,30);4-9H,1-3H3,(H,22,23). The van der Waals surface area contributed by atoms with Gasteiger partial charge in [-0.2, -0.15) is 10.2 Å². The van der Waals surface area contributed by atoms with Gasteiger partial charge in [-0.1, -0.05) is 0 Å². The Morgan fingerprint density at radius 3 is 1.62 bits per heavy atom. The second kappa shape index (κ2) is 16.9. The zero-order valence-corrected chi connectivity index (χ0v) is 33.7. The highest BCUT2D eigenvalue weighted by molar-refractivity contribution is 7.13. The number of ether oxygens (including phenoxy) is 1. The Morgan fingerprint density at radius 1 is 0.750 bits per heavy atom. The Labute approximate surface area is 331 Å². The number of nitrogens with one attached hydrogen (secondary N) is 1. The lowest BCUT2D eigenvalue weighted by molar-refractivity contribution is 0.0383. The number of carbonyl (C=O) groups is 2. The monoisotopic (exact) mass is 802 g/mol. The molecule has 56 heavy (non-hydrogen) atoms. The highest BCUT2D eigenvalue weighted by Gasteiger charge is 2.26. The van der Waals surface area contributed by atoms with Gasteiger partial charge in [0.2, 0.25) is 0 Å². The molecule has 0 unspecified atom stereocenters. The fourth-order valence-electron chi connectivity index (χ4n) is 6.04. The first-order valence-corrected chi connectivity index (χ1v) is 19.8. The van der Waals surface area contributed by atoms with Gasteiger partial charge in [-0.25, -0.2) is 23.5 Å². The van der Waals surface area contributed by atoms with Crippen LogP contribution in [-0.2, 0) is 15.8 Å². The first kappa shape index (κ1) is 40.5. The average Bonchev–Trinajstić information content (AvgIpc) is 3.98. The van der Waals surface area contributed by atoms with Crippen molar-refractivity contribution in [3.8, 4) is 43.7 Å². The van der Waals surface area contributed by atoms with E-state index in [2.05, 4.69) is 51.2 Å². The first-order chi connectivity index (χ1) is 26.6. The van der Waals surface area contributed by atoms with Crippen molar-refractivity contribution >= 4 is 34.6 Å². The second-order valence-electron chi connectivity index (χ2n) is 15.1. The quantitative estimate of drug-likeness (QED) is 0.149. The highest BCUT2D eigenvalue weighted by Crippen LogP contribution is 2.38. The van der Waals surface area contributed by atoms with Crippen molar-refractivity contribution in [1.82, 2.24) is 39.7 Å². The number of nitrogens with zero attached hydrogens (tertiary/aromatic N) is 7. The molecule has 2 aromatic carbocycles. The number of carbonyl (C=O) groups excluding carboxylic acids is 1. The zero-order valence-electron chi connectivity index (χ0n) is 32.0. The summed E-state index contributed by atoms with van der Waals surface area (Å²) in [6, 6.07) is 12.5. The van der Waals surface area contributed by atoms with E-state index in [-0.39, 0.29) is 34.3 Å². The van der Waals surface area contributed by atoms with Crippen LogP contribution in [-0.4, -0.2) is 90.8 Å². The molecule has 0 bridgehead atoms. The minimum Gasteiger partial charge on any atom is -0.476 e. The van der Waals surface area contributed by atoms with Crippen LogP contribution in [0.5, 0.6) is 0 Å². The fourth-order valence-corrected chi connectivity index (χ4v) is 7.65. The van der Waals surface area contributed by atoms with Gasteiger partial charge in [0.25, 0.3) is 5.91 Å². The van der Waals surface area contributed by atoms with Crippen LogP contribution in [0.25, 0.3) is 43.7 Å². The summed E-state index contributed by atoms with van der Waals surface area (Å²) in [4.78, 5) is 34.7. The van der Waals surface area contributed by atoms with Gasteiger partial charge in [-0.05, 0) is 90.1 Å². The molecule has 1 aliphatic heterocycles. The van der Waals surface area contributed by atoms with Gasteiger partial charge in [0.15, 0.2) is 5.69 Å². The van der Waals surface area contributed by atoms with Crippen LogP contribution < -0.4 is 5.32 Å². The number of carboxylic acid groups (broad SMARTS) is 1. The number of thiazole rings is 2. The third-order valence-corrected chi connectivity index (χ3v) is 10.5. The van der Waals surface area contributed by atoms with E-state index in [1.807, 2.05) is 30.1 Å². The van der Waals surface area contributed by atoms with E-state index < -0.39 is 5.97 Å². The number of halogens is 2. The Morgan fingerprint density at radius 2 is 1.20 bits per heavy atom. The van der Waals surface area contributed by atoms with Crippen LogP contribution >= 0.6 is 22.7 Å². The lowest BCUT2D eigenvalue weighted by atomic mass is 10.0. The Kier molecular flexibility index (Phi) is 12.2. The summed E-state index contributed by atoms with van der Waals surface area (Å²) in [5.74, 6) is -1.86. The van der Waals surface area contributed by atoms with Crippen LogP contribution in [0.2, 0.25) is 0 Å². The molecule has 16 heteroatoms. The molecule has 0 aliphatic carbocycles. The van der Waals surface area contributed by atoms with Crippen LogP contribution in [0.15, 0.2) is 71.7 Å². The maximum atomic E-state index is 13.5. The molecular weight excluding hydrogens is 759 g/mol. The van der Waals surface area contributed by atoms with Crippen molar-refractivity contribution in [2.75, 3.05) is 39.4 Å². The number of amides is 1. The molecule has 1 saturated heterocycles. The van der Waals surface area contributed by atoms with Crippen molar-refractivity contribution in [3.05, 3.63) is 94.7 Å². The van der Waals surface area contributed by atoms with Gasteiger partial charge >= 0.3 is 5.97 Å². The van der Waals surface area contributed by atoms with E-state index in [1.54, 1.807) is 42.0 Å². The van der Waals surface area contributed by atoms with E-state index >= 15 is 0 Å². The van der Waals surface area contributed by atoms with Crippen LogP contribution in [0, 0.1) is 11.6 Å². The average molecular weight is 803 g/mol. The van der Waals surface area contributed by atoms with Crippen molar-refractivity contribution in [2.24, 2.45) is 0 Å². The maximum absolute atomic E-state index is 13.5. The number of benzene rings is 2. The summed E-state index contributed by atoms with van der Waals surface area (Å²) < 4.78 is 35.9. The maximum Gasteiger partial charge on any atom is 0.355 e. The summed E-state index contributed by atoms with van der Waals surface area (Å²) in [6.07, 6.45) is 3.44. The molecule has 1 fully saturated rings. The predicted octanol–water partition coefficient (Wildman–Crippen LogP) is 7.90. The number of carboxylic acids is 1. The molecule has 7 rings (SSSR count). The number of hydrogen-bond donors (Lipinski definition) is 2. The molecular formula is C40H44F2N8O4S2. The smallest absolute Gasteiger partial charge is 0.355 e. The van der Waals surface area contributed by atoms with Gasteiger partial charge in [-0.3, -0.25) is 19.1 Å². The molecule has 0 saturated carbocycles. The summed E-state index contributed by atoms with van der Waals surface area (Å²) in [7, 11) is 0. The van der Waals surface area contributed by atoms with Crippen molar-refractivity contribution in [2.45, 2.75) is 52.6 Å². The minimum atomic E-state index is -1.07. The Balaban J connectivity index is 0.000000198. The van der Waals surface area contributed by atoms with E-state index in [1.165, 1.54) is 52.3 Å².